The first-order chi connectivity index (χ1) is 13.0. The molecule has 0 radical (unpaired) electrons. The van der Waals surface area contributed by atoms with Crippen LogP contribution < -0.4 is 10.1 Å². The van der Waals surface area contributed by atoms with E-state index in [0.717, 1.165) is 37.4 Å². The monoisotopic (exact) mass is 367 g/mol. The van der Waals surface area contributed by atoms with Crippen LogP contribution in [0.4, 0.5) is 0 Å². The van der Waals surface area contributed by atoms with Gasteiger partial charge in [-0.1, -0.05) is 48.0 Å². The maximum atomic E-state index is 12.7. The lowest BCUT2D eigenvalue weighted by atomic mass is 9.74. The van der Waals surface area contributed by atoms with Gasteiger partial charge in [-0.3, -0.25) is 4.79 Å². The van der Waals surface area contributed by atoms with Crippen LogP contribution in [-0.2, 0) is 14.9 Å². The van der Waals surface area contributed by atoms with Gasteiger partial charge in [0.05, 0.1) is 0 Å². The number of nitrogens with one attached hydrogen (secondary N) is 1. The van der Waals surface area contributed by atoms with E-state index in [-0.39, 0.29) is 11.3 Å². The Kier molecular flexibility index (Phi) is 6.17. The highest BCUT2D eigenvalue weighted by atomic mass is 16.5. The molecule has 0 aliphatic carbocycles. The minimum absolute atomic E-state index is 0.0747. The molecule has 2 aromatic rings. The molecular weight excluding hydrogens is 338 g/mol. The van der Waals surface area contributed by atoms with Crippen molar-refractivity contribution in [1.82, 2.24) is 5.32 Å². The summed E-state index contributed by atoms with van der Waals surface area (Å²) in [5.41, 5.74) is 3.41. The Morgan fingerprint density at radius 2 is 1.85 bits per heavy atom. The van der Waals surface area contributed by atoms with Crippen molar-refractivity contribution in [1.29, 1.82) is 0 Å². The molecule has 1 N–H and O–H groups in total. The third kappa shape index (κ3) is 4.69. The maximum Gasteiger partial charge on any atom is 0.260 e. The molecular formula is C23H29NO3. The Morgan fingerprint density at radius 3 is 2.52 bits per heavy atom. The third-order valence-electron chi connectivity index (χ3n) is 5.44. The Balaban J connectivity index is 1.65. The van der Waals surface area contributed by atoms with E-state index >= 15 is 0 Å². The van der Waals surface area contributed by atoms with E-state index in [9.17, 15) is 4.79 Å². The van der Waals surface area contributed by atoms with Crippen LogP contribution >= 0.6 is 0 Å². The Hall–Kier alpha value is -2.33. The lowest BCUT2D eigenvalue weighted by Crippen LogP contribution is -2.47. The Bertz CT molecular complexity index is 766. The Labute approximate surface area is 161 Å². The van der Waals surface area contributed by atoms with Crippen LogP contribution in [0.15, 0.2) is 48.5 Å². The first-order valence-electron chi connectivity index (χ1n) is 9.65. The lowest BCUT2D eigenvalue weighted by Gasteiger charge is -2.38. The summed E-state index contributed by atoms with van der Waals surface area (Å²) in [5, 5.41) is 3.12. The zero-order valence-electron chi connectivity index (χ0n) is 16.5. The van der Waals surface area contributed by atoms with Crippen molar-refractivity contribution in [2.24, 2.45) is 0 Å². The van der Waals surface area contributed by atoms with Gasteiger partial charge in [-0.2, -0.15) is 0 Å². The third-order valence-corrected chi connectivity index (χ3v) is 5.44. The van der Waals surface area contributed by atoms with Crippen LogP contribution in [0.3, 0.4) is 0 Å². The largest absolute Gasteiger partial charge is 0.481 e. The van der Waals surface area contributed by atoms with Crippen LogP contribution in [0.25, 0.3) is 0 Å². The molecule has 27 heavy (non-hydrogen) atoms. The van der Waals surface area contributed by atoms with Gasteiger partial charge in [0.2, 0.25) is 0 Å². The second kappa shape index (κ2) is 8.57. The zero-order chi connectivity index (χ0) is 19.3. The average molecular weight is 367 g/mol. The summed E-state index contributed by atoms with van der Waals surface area (Å²) in [7, 11) is 0. The molecule has 4 nitrogen and oxygen atoms in total. The number of ether oxygens (including phenoxy) is 2. The van der Waals surface area contributed by atoms with Gasteiger partial charge < -0.3 is 14.8 Å². The number of hydrogen-bond acceptors (Lipinski definition) is 3. The van der Waals surface area contributed by atoms with Crippen molar-refractivity contribution in [3.8, 4) is 5.75 Å². The van der Waals surface area contributed by atoms with Crippen LogP contribution in [-0.4, -0.2) is 31.8 Å². The van der Waals surface area contributed by atoms with E-state index in [0.29, 0.717) is 6.54 Å². The van der Waals surface area contributed by atoms with Gasteiger partial charge in [0.15, 0.2) is 6.10 Å². The summed E-state index contributed by atoms with van der Waals surface area (Å²) in [6, 6.07) is 16.4. The Morgan fingerprint density at radius 1 is 1.15 bits per heavy atom. The summed E-state index contributed by atoms with van der Waals surface area (Å²) in [6.07, 6.45) is 1.27. The van der Waals surface area contributed by atoms with Crippen molar-refractivity contribution < 1.29 is 14.3 Å². The van der Waals surface area contributed by atoms with E-state index in [4.69, 9.17) is 9.47 Å². The highest BCUT2D eigenvalue weighted by Gasteiger charge is 2.35. The fraction of sp³-hybridized carbons (Fsp3) is 0.435. The predicted molar refractivity (Wildman–Crippen MR) is 107 cm³/mol. The summed E-state index contributed by atoms with van der Waals surface area (Å²) in [4.78, 5) is 12.7. The molecule has 0 spiro atoms. The molecule has 2 aromatic carbocycles. The number of carbonyl (C=O) groups is 1. The van der Waals surface area contributed by atoms with Gasteiger partial charge in [0.25, 0.3) is 5.91 Å². The molecule has 1 aliphatic rings. The van der Waals surface area contributed by atoms with Crippen molar-refractivity contribution in [3.63, 3.8) is 0 Å². The molecule has 4 heteroatoms. The summed E-state index contributed by atoms with van der Waals surface area (Å²) in [5.74, 6) is 0.670. The SMILES string of the molecule is Cc1ccc(OC(C)C(=O)NCC2(c3ccccc3)CCOCC2)c(C)c1. The number of amides is 1. The minimum Gasteiger partial charge on any atom is -0.481 e. The molecule has 0 bridgehead atoms. The van der Waals surface area contributed by atoms with Gasteiger partial charge in [-0.05, 0) is 50.8 Å². The van der Waals surface area contributed by atoms with E-state index in [1.807, 2.05) is 32.0 Å². The van der Waals surface area contributed by atoms with Gasteiger partial charge in [0.1, 0.15) is 5.75 Å². The first kappa shape index (κ1) is 19.4. The quantitative estimate of drug-likeness (QED) is 0.841. The number of carbonyl (C=O) groups excluding carboxylic acids is 1. The number of hydrogen-bond donors (Lipinski definition) is 1. The smallest absolute Gasteiger partial charge is 0.260 e. The van der Waals surface area contributed by atoms with E-state index in [1.54, 1.807) is 6.92 Å². The van der Waals surface area contributed by atoms with Crippen molar-refractivity contribution in [2.45, 2.75) is 45.1 Å². The van der Waals surface area contributed by atoms with Crippen LogP contribution in [0.5, 0.6) is 5.75 Å². The van der Waals surface area contributed by atoms with Crippen molar-refractivity contribution >= 4 is 5.91 Å². The molecule has 0 aromatic heterocycles. The molecule has 1 aliphatic heterocycles. The average Bonchev–Trinajstić information content (AvgIpc) is 2.69. The molecule has 1 heterocycles. The summed E-state index contributed by atoms with van der Waals surface area (Å²) < 4.78 is 11.5. The second-order valence-corrected chi connectivity index (χ2v) is 7.51. The van der Waals surface area contributed by atoms with Gasteiger partial charge in [-0.25, -0.2) is 0 Å². The molecule has 1 atom stereocenters. The lowest BCUT2D eigenvalue weighted by molar-refractivity contribution is -0.127. The van der Waals surface area contributed by atoms with E-state index in [1.165, 1.54) is 11.1 Å². The molecule has 1 unspecified atom stereocenters. The zero-order valence-corrected chi connectivity index (χ0v) is 16.5. The molecule has 3 rings (SSSR count). The number of aryl methyl sites for hydroxylation is 2. The molecule has 144 valence electrons. The highest BCUT2D eigenvalue weighted by Crippen LogP contribution is 2.34. The molecule has 0 saturated carbocycles. The number of rotatable bonds is 6. The van der Waals surface area contributed by atoms with E-state index in [2.05, 4.69) is 35.6 Å². The van der Waals surface area contributed by atoms with Crippen molar-refractivity contribution in [3.05, 3.63) is 65.2 Å². The van der Waals surface area contributed by atoms with Gasteiger partial charge in [0, 0.05) is 25.2 Å². The van der Waals surface area contributed by atoms with Gasteiger partial charge >= 0.3 is 0 Å². The number of benzene rings is 2. The predicted octanol–water partition coefficient (Wildman–Crippen LogP) is 3.94. The fourth-order valence-electron chi connectivity index (χ4n) is 3.70. The summed E-state index contributed by atoms with van der Waals surface area (Å²) >= 11 is 0. The molecule has 1 fully saturated rings. The van der Waals surface area contributed by atoms with Crippen LogP contribution in [0.2, 0.25) is 0 Å². The van der Waals surface area contributed by atoms with Crippen LogP contribution in [0.1, 0.15) is 36.5 Å². The maximum absolute atomic E-state index is 12.7. The molecule has 1 saturated heterocycles. The van der Waals surface area contributed by atoms with Crippen molar-refractivity contribution in [2.75, 3.05) is 19.8 Å². The first-order valence-corrected chi connectivity index (χ1v) is 9.65. The molecule has 1 amide bonds. The normalized spacial score (nSPS) is 17.1. The van der Waals surface area contributed by atoms with Crippen LogP contribution in [0, 0.1) is 13.8 Å². The minimum atomic E-state index is -0.543. The van der Waals surface area contributed by atoms with Gasteiger partial charge in [-0.15, -0.1) is 0 Å². The second-order valence-electron chi connectivity index (χ2n) is 7.51. The summed E-state index contributed by atoms with van der Waals surface area (Å²) in [6.45, 7) is 7.88. The highest BCUT2D eigenvalue weighted by molar-refractivity contribution is 5.80. The fourth-order valence-corrected chi connectivity index (χ4v) is 3.70. The van der Waals surface area contributed by atoms with E-state index < -0.39 is 6.10 Å². The standard InChI is InChI=1S/C23H29NO3/c1-17-9-10-21(18(2)15-17)27-19(3)22(25)24-16-23(11-13-26-14-12-23)20-7-5-4-6-8-20/h4-10,15,19H,11-14,16H2,1-3H3,(H,24,25). The topological polar surface area (TPSA) is 47.6 Å².